The summed E-state index contributed by atoms with van der Waals surface area (Å²) in [6, 6.07) is 5.81. The zero-order chi connectivity index (χ0) is 11.7. The van der Waals surface area contributed by atoms with E-state index in [9.17, 15) is 4.79 Å². The molecule has 1 aromatic rings. The number of fused-ring (bicyclic) bond motifs is 1. The van der Waals surface area contributed by atoms with Crippen LogP contribution in [0.4, 0.5) is 5.69 Å². The number of carbonyl (C=O) groups excluding carboxylic acids is 1. The number of nitrogens with one attached hydrogen (secondary N) is 1. The van der Waals surface area contributed by atoms with Crippen molar-refractivity contribution < 1.29 is 14.3 Å². The van der Waals surface area contributed by atoms with E-state index in [4.69, 9.17) is 9.47 Å². The highest BCUT2D eigenvalue weighted by Crippen LogP contribution is 2.28. The maximum atomic E-state index is 11.7. The van der Waals surface area contributed by atoms with Gasteiger partial charge in [-0.15, -0.1) is 0 Å². The van der Waals surface area contributed by atoms with Gasteiger partial charge >= 0.3 is 0 Å². The fraction of sp³-hybridized carbons (Fsp3) is 0.462. The fourth-order valence-corrected chi connectivity index (χ4v) is 2.14. The van der Waals surface area contributed by atoms with Crippen LogP contribution in [-0.2, 0) is 16.0 Å². The van der Waals surface area contributed by atoms with Crippen LogP contribution in [0, 0.1) is 5.92 Å². The molecule has 4 heteroatoms. The predicted octanol–water partition coefficient (Wildman–Crippen LogP) is 1.60. The van der Waals surface area contributed by atoms with Crippen LogP contribution in [0.3, 0.4) is 0 Å². The van der Waals surface area contributed by atoms with Gasteiger partial charge in [-0.25, -0.2) is 0 Å². The van der Waals surface area contributed by atoms with Crippen molar-refractivity contribution >= 4 is 11.6 Å². The van der Waals surface area contributed by atoms with Gasteiger partial charge in [-0.05, 0) is 23.8 Å². The first kappa shape index (κ1) is 10.6. The molecule has 2 heterocycles. The van der Waals surface area contributed by atoms with Gasteiger partial charge in [0, 0.05) is 24.4 Å². The molecule has 3 rings (SSSR count). The molecule has 0 saturated carbocycles. The van der Waals surface area contributed by atoms with Gasteiger partial charge in [0.1, 0.15) is 5.75 Å². The van der Waals surface area contributed by atoms with E-state index in [0.29, 0.717) is 25.6 Å². The van der Waals surface area contributed by atoms with Gasteiger partial charge in [0.25, 0.3) is 0 Å². The van der Waals surface area contributed by atoms with Gasteiger partial charge in [-0.1, -0.05) is 0 Å². The molecular formula is C13H15NO3. The molecule has 0 radical (unpaired) electrons. The van der Waals surface area contributed by atoms with E-state index in [1.54, 1.807) is 0 Å². The van der Waals surface area contributed by atoms with Crippen molar-refractivity contribution in [1.82, 2.24) is 0 Å². The lowest BCUT2D eigenvalue weighted by atomic mass is 10.0. The monoisotopic (exact) mass is 233 g/mol. The number of benzene rings is 1. The molecule has 90 valence electrons. The van der Waals surface area contributed by atoms with Crippen LogP contribution in [0.15, 0.2) is 18.2 Å². The van der Waals surface area contributed by atoms with Crippen molar-refractivity contribution in [3.05, 3.63) is 23.8 Å². The molecule has 0 bridgehead atoms. The summed E-state index contributed by atoms with van der Waals surface area (Å²) in [5.74, 6) is 1.40. The summed E-state index contributed by atoms with van der Waals surface area (Å²) in [5.41, 5.74) is 2.04. The van der Waals surface area contributed by atoms with Crippen molar-refractivity contribution in [2.45, 2.75) is 12.8 Å². The summed E-state index contributed by atoms with van der Waals surface area (Å²) in [6.07, 6.45) is 1.48. The Morgan fingerprint density at radius 3 is 3.06 bits per heavy atom. The summed E-state index contributed by atoms with van der Waals surface area (Å²) in [5, 5.41) is 2.92. The Hall–Kier alpha value is -1.55. The first-order valence-corrected chi connectivity index (χ1v) is 5.94. The second-order valence-corrected chi connectivity index (χ2v) is 4.58. The van der Waals surface area contributed by atoms with Crippen molar-refractivity contribution in [3.8, 4) is 5.75 Å². The average molecular weight is 233 g/mol. The Bertz CT molecular complexity index is 440. The van der Waals surface area contributed by atoms with E-state index in [0.717, 1.165) is 24.5 Å². The molecule has 0 atom stereocenters. The Kier molecular flexibility index (Phi) is 2.73. The second kappa shape index (κ2) is 4.37. The van der Waals surface area contributed by atoms with Crippen LogP contribution in [0.1, 0.15) is 12.0 Å². The normalized spacial score (nSPS) is 18.1. The molecule has 1 amide bonds. The minimum Gasteiger partial charge on any atom is -0.493 e. The summed E-state index contributed by atoms with van der Waals surface area (Å²) >= 11 is 0. The smallest absolute Gasteiger partial charge is 0.224 e. The topological polar surface area (TPSA) is 47.6 Å². The lowest BCUT2D eigenvalue weighted by Crippen LogP contribution is -2.31. The number of ether oxygens (including phenoxy) is 2. The van der Waals surface area contributed by atoms with E-state index in [2.05, 4.69) is 5.32 Å². The standard InChI is InChI=1S/C13H15NO3/c15-13(5-9-7-16-8-9)14-11-1-2-12-10(6-11)3-4-17-12/h1-2,6,9H,3-5,7-8H2,(H,14,15). The number of hydrogen-bond donors (Lipinski definition) is 1. The van der Waals surface area contributed by atoms with Gasteiger partial charge in [0.2, 0.25) is 5.91 Å². The number of rotatable bonds is 3. The molecule has 0 spiro atoms. The van der Waals surface area contributed by atoms with Crippen molar-refractivity contribution in [2.24, 2.45) is 5.92 Å². The Morgan fingerprint density at radius 2 is 2.29 bits per heavy atom. The summed E-state index contributed by atoms with van der Waals surface area (Å²) in [7, 11) is 0. The number of hydrogen-bond acceptors (Lipinski definition) is 3. The number of amides is 1. The van der Waals surface area contributed by atoms with Crippen LogP contribution < -0.4 is 10.1 Å². The average Bonchev–Trinajstić information content (AvgIpc) is 2.71. The minimum atomic E-state index is 0.0668. The molecule has 2 aliphatic heterocycles. The van der Waals surface area contributed by atoms with Crippen LogP contribution in [0.25, 0.3) is 0 Å². The fourth-order valence-electron chi connectivity index (χ4n) is 2.14. The number of anilines is 1. The van der Waals surface area contributed by atoms with E-state index in [1.165, 1.54) is 5.56 Å². The zero-order valence-electron chi connectivity index (χ0n) is 9.57. The van der Waals surface area contributed by atoms with Crippen molar-refractivity contribution in [2.75, 3.05) is 25.1 Å². The highest BCUT2D eigenvalue weighted by atomic mass is 16.5. The molecule has 0 aromatic heterocycles. The molecule has 1 aromatic carbocycles. The quantitative estimate of drug-likeness (QED) is 0.862. The molecule has 1 fully saturated rings. The van der Waals surface area contributed by atoms with Crippen LogP contribution in [0.2, 0.25) is 0 Å². The molecule has 0 unspecified atom stereocenters. The summed E-state index contributed by atoms with van der Waals surface area (Å²) < 4.78 is 10.5. The molecule has 17 heavy (non-hydrogen) atoms. The van der Waals surface area contributed by atoms with Crippen LogP contribution in [0.5, 0.6) is 5.75 Å². The van der Waals surface area contributed by atoms with Crippen LogP contribution >= 0.6 is 0 Å². The van der Waals surface area contributed by atoms with Gasteiger partial charge in [-0.2, -0.15) is 0 Å². The third-order valence-corrected chi connectivity index (χ3v) is 3.15. The Balaban J connectivity index is 1.62. The SMILES string of the molecule is O=C(CC1COC1)Nc1ccc2c(c1)CCO2. The lowest BCUT2D eigenvalue weighted by Gasteiger charge is -2.25. The highest BCUT2D eigenvalue weighted by Gasteiger charge is 2.22. The highest BCUT2D eigenvalue weighted by molar-refractivity contribution is 5.91. The third kappa shape index (κ3) is 2.26. The maximum absolute atomic E-state index is 11.7. The van der Waals surface area contributed by atoms with E-state index in [1.807, 2.05) is 18.2 Å². The summed E-state index contributed by atoms with van der Waals surface area (Å²) in [6.45, 7) is 2.17. The first-order chi connectivity index (χ1) is 8.31. The molecule has 1 N–H and O–H groups in total. The summed E-state index contributed by atoms with van der Waals surface area (Å²) in [4.78, 5) is 11.7. The molecular weight excluding hydrogens is 218 g/mol. The molecule has 4 nitrogen and oxygen atoms in total. The minimum absolute atomic E-state index is 0.0668. The Labute approximate surface area is 99.9 Å². The lowest BCUT2D eigenvalue weighted by molar-refractivity contribution is -0.121. The first-order valence-electron chi connectivity index (χ1n) is 5.94. The van der Waals surface area contributed by atoms with Gasteiger partial charge in [-0.3, -0.25) is 4.79 Å². The maximum Gasteiger partial charge on any atom is 0.224 e. The van der Waals surface area contributed by atoms with Crippen LogP contribution in [-0.4, -0.2) is 25.7 Å². The molecule has 1 saturated heterocycles. The van der Waals surface area contributed by atoms with Gasteiger partial charge in [0.15, 0.2) is 0 Å². The van der Waals surface area contributed by atoms with Crippen molar-refractivity contribution in [3.63, 3.8) is 0 Å². The second-order valence-electron chi connectivity index (χ2n) is 4.58. The number of carbonyl (C=O) groups is 1. The van der Waals surface area contributed by atoms with E-state index >= 15 is 0 Å². The van der Waals surface area contributed by atoms with Gasteiger partial charge in [0.05, 0.1) is 19.8 Å². The molecule has 2 aliphatic rings. The van der Waals surface area contributed by atoms with Gasteiger partial charge < -0.3 is 14.8 Å². The third-order valence-electron chi connectivity index (χ3n) is 3.15. The zero-order valence-corrected chi connectivity index (χ0v) is 9.57. The van der Waals surface area contributed by atoms with E-state index < -0.39 is 0 Å². The van der Waals surface area contributed by atoms with E-state index in [-0.39, 0.29) is 5.91 Å². The predicted molar refractivity (Wildman–Crippen MR) is 63.2 cm³/mol. The van der Waals surface area contributed by atoms with Crippen molar-refractivity contribution in [1.29, 1.82) is 0 Å². The largest absolute Gasteiger partial charge is 0.493 e. The Morgan fingerprint density at radius 1 is 1.41 bits per heavy atom. The molecule has 0 aliphatic carbocycles.